The third kappa shape index (κ3) is 2.85. The molecule has 0 aromatic heterocycles. The predicted molar refractivity (Wildman–Crippen MR) is 86.6 cm³/mol. The number of hydrogen-bond acceptors (Lipinski definition) is 2. The number of thioether (sulfide) groups is 1. The minimum absolute atomic E-state index is 0.142. The lowest BCUT2D eigenvalue weighted by atomic mass is 10.1. The van der Waals surface area contributed by atoms with Crippen molar-refractivity contribution >= 4 is 34.1 Å². The van der Waals surface area contributed by atoms with E-state index in [-0.39, 0.29) is 16.6 Å². The van der Waals surface area contributed by atoms with Crippen LogP contribution in [-0.4, -0.2) is 5.11 Å². The fourth-order valence-corrected chi connectivity index (χ4v) is 3.42. The first-order chi connectivity index (χ1) is 10.2. The van der Waals surface area contributed by atoms with Gasteiger partial charge in [0, 0.05) is 16.0 Å². The molecule has 21 heavy (non-hydrogen) atoms. The van der Waals surface area contributed by atoms with Gasteiger partial charge in [0.25, 0.3) is 0 Å². The van der Waals surface area contributed by atoms with Crippen LogP contribution in [0.3, 0.4) is 0 Å². The van der Waals surface area contributed by atoms with E-state index in [1.807, 2.05) is 30.3 Å². The summed E-state index contributed by atoms with van der Waals surface area (Å²) in [5.41, 5.74) is 0.574. The average molecular weight is 319 g/mol. The minimum Gasteiger partial charge on any atom is -0.507 e. The number of aromatic hydroxyl groups is 1. The van der Waals surface area contributed by atoms with Crippen molar-refractivity contribution in [3.63, 3.8) is 0 Å². The zero-order valence-electron chi connectivity index (χ0n) is 11.0. The fraction of sp³-hybridized carbons (Fsp3) is 0.0588. The molecule has 1 N–H and O–H groups in total. The van der Waals surface area contributed by atoms with E-state index in [9.17, 15) is 9.50 Å². The zero-order chi connectivity index (χ0) is 14.8. The SMILES string of the molecule is Oc1ccc(SCc2cccc(Cl)c2F)c2ccccc12. The molecule has 0 atom stereocenters. The lowest BCUT2D eigenvalue weighted by molar-refractivity contribution is 0.481. The van der Waals surface area contributed by atoms with Crippen molar-refractivity contribution in [2.45, 2.75) is 10.6 Å². The van der Waals surface area contributed by atoms with Gasteiger partial charge in [-0.3, -0.25) is 0 Å². The molecule has 0 aliphatic heterocycles. The summed E-state index contributed by atoms with van der Waals surface area (Å²) in [5.74, 6) is 0.375. The zero-order valence-corrected chi connectivity index (χ0v) is 12.6. The van der Waals surface area contributed by atoms with Crippen LogP contribution in [0.15, 0.2) is 59.5 Å². The molecule has 1 nitrogen and oxygen atoms in total. The highest BCUT2D eigenvalue weighted by Gasteiger charge is 2.09. The van der Waals surface area contributed by atoms with E-state index in [2.05, 4.69) is 0 Å². The minimum atomic E-state index is -0.366. The van der Waals surface area contributed by atoms with Crippen LogP contribution in [0, 0.1) is 5.82 Å². The fourth-order valence-electron chi connectivity index (χ4n) is 2.20. The summed E-state index contributed by atoms with van der Waals surface area (Å²) in [6.07, 6.45) is 0. The number of benzene rings is 3. The molecule has 0 fully saturated rings. The molecule has 4 heteroatoms. The summed E-state index contributed by atoms with van der Waals surface area (Å²) in [7, 11) is 0. The van der Waals surface area contributed by atoms with Gasteiger partial charge in [-0.25, -0.2) is 4.39 Å². The molecule has 0 saturated carbocycles. The first-order valence-corrected chi connectivity index (χ1v) is 7.79. The van der Waals surface area contributed by atoms with E-state index in [1.165, 1.54) is 11.8 Å². The van der Waals surface area contributed by atoms with E-state index in [0.29, 0.717) is 11.3 Å². The summed E-state index contributed by atoms with van der Waals surface area (Å²) in [6, 6.07) is 16.2. The molecule has 0 heterocycles. The summed E-state index contributed by atoms with van der Waals surface area (Å²) in [6.45, 7) is 0. The maximum Gasteiger partial charge on any atom is 0.145 e. The van der Waals surface area contributed by atoms with Crippen molar-refractivity contribution in [3.05, 3.63) is 71.0 Å². The Kier molecular flexibility index (Phi) is 4.04. The van der Waals surface area contributed by atoms with Crippen molar-refractivity contribution < 1.29 is 9.50 Å². The third-order valence-electron chi connectivity index (χ3n) is 3.28. The second-order valence-electron chi connectivity index (χ2n) is 4.63. The summed E-state index contributed by atoms with van der Waals surface area (Å²) < 4.78 is 13.9. The van der Waals surface area contributed by atoms with E-state index in [0.717, 1.165) is 15.7 Å². The van der Waals surface area contributed by atoms with Gasteiger partial charge in [-0.2, -0.15) is 0 Å². The van der Waals surface area contributed by atoms with Gasteiger partial charge < -0.3 is 5.11 Å². The highest BCUT2D eigenvalue weighted by Crippen LogP contribution is 2.35. The maximum absolute atomic E-state index is 13.9. The Morgan fingerprint density at radius 2 is 1.71 bits per heavy atom. The Labute approximate surface area is 131 Å². The molecule has 3 rings (SSSR count). The first kappa shape index (κ1) is 14.2. The van der Waals surface area contributed by atoms with Crippen LogP contribution in [0.1, 0.15) is 5.56 Å². The van der Waals surface area contributed by atoms with Gasteiger partial charge in [-0.05, 0) is 29.1 Å². The molecule has 0 radical (unpaired) electrons. The van der Waals surface area contributed by atoms with Crippen LogP contribution in [0.5, 0.6) is 5.75 Å². The van der Waals surface area contributed by atoms with Crippen LogP contribution < -0.4 is 0 Å². The number of phenols is 1. The van der Waals surface area contributed by atoms with E-state index >= 15 is 0 Å². The summed E-state index contributed by atoms with van der Waals surface area (Å²) in [4.78, 5) is 1.00. The highest BCUT2D eigenvalue weighted by atomic mass is 35.5. The molecule has 0 unspecified atom stereocenters. The van der Waals surface area contributed by atoms with Crippen LogP contribution in [0.25, 0.3) is 10.8 Å². The Bertz CT molecular complexity index is 804. The lowest BCUT2D eigenvalue weighted by Crippen LogP contribution is -1.88. The molecule has 0 amide bonds. The molecule has 106 valence electrons. The van der Waals surface area contributed by atoms with Gasteiger partial charge in [0.2, 0.25) is 0 Å². The molecule has 0 bridgehead atoms. The second kappa shape index (κ2) is 5.96. The van der Waals surface area contributed by atoms with Crippen molar-refractivity contribution in [2.75, 3.05) is 0 Å². The number of fused-ring (bicyclic) bond motifs is 1. The first-order valence-electron chi connectivity index (χ1n) is 6.43. The Hall–Kier alpha value is -1.71. The molecule has 0 saturated heterocycles. The monoisotopic (exact) mass is 318 g/mol. The van der Waals surface area contributed by atoms with E-state index in [4.69, 9.17) is 11.6 Å². The van der Waals surface area contributed by atoms with Gasteiger partial charge in [0.1, 0.15) is 11.6 Å². The third-order valence-corrected chi connectivity index (χ3v) is 4.69. The highest BCUT2D eigenvalue weighted by molar-refractivity contribution is 7.98. The van der Waals surface area contributed by atoms with Gasteiger partial charge in [-0.15, -0.1) is 11.8 Å². The summed E-state index contributed by atoms with van der Waals surface area (Å²) in [5, 5.41) is 11.8. The van der Waals surface area contributed by atoms with Crippen molar-refractivity contribution in [1.29, 1.82) is 0 Å². The van der Waals surface area contributed by atoms with Gasteiger partial charge in [0.05, 0.1) is 5.02 Å². The molecule has 0 aliphatic carbocycles. The summed E-state index contributed by atoms with van der Waals surface area (Å²) >= 11 is 7.32. The topological polar surface area (TPSA) is 20.2 Å². The molecule has 3 aromatic rings. The number of hydrogen-bond donors (Lipinski definition) is 1. The largest absolute Gasteiger partial charge is 0.507 e. The standard InChI is InChI=1S/C17H12ClFOS/c18-14-7-3-4-11(17(14)19)10-21-16-9-8-15(20)12-5-1-2-6-13(12)16/h1-9,20H,10H2. The number of halogens is 2. The quantitative estimate of drug-likeness (QED) is 0.631. The van der Waals surface area contributed by atoms with Crippen LogP contribution in [0.2, 0.25) is 5.02 Å². The normalized spacial score (nSPS) is 11.0. The Morgan fingerprint density at radius 1 is 0.952 bits per heavy atom. The maximum atomic E-state index is 13.9. The van der Waals surface area contributed by atoms with Gasteiger partial charge >= 0.3 is 0 Å². The molecular weight excluding hydrogens is 307 g/mol. The van der Waals surface area contributed by atoms with E-state index < -0.39 is 0 Å². The van der Waals surface area contributed by atoms with Crippen LogP contribution in [0.4, 0.5) is 4.39 Å². The molecule has 0 spiro atoms. The number of phenolic OH excluding ortho intramolecular Hbond substituents is 1. The number of rotatable bonds is 3. The van der Waals surface area contributed by atoms with E-state index in [1.54, 1.807) is 24.3 Å². The average Bonchev–Trinajstić information content (AvgIpc) is 2.51. The smallest absolute Gasteiger partial charge is 0.145 e. The second-order valence-corrected chi connectivity index (χ2v) is 6.05. The van der Waals surface area contributed by atoms with Crippen LogP contribution in [-0.2, 0) is 5.75 Å². The van der Waals surface area contributed by atoms with Crippen molar-refractivity contribution in [1.82, 2.24) is 0 Å². The molecule has 0 aliphatic rings. The molecule has 3 aromatic carbocycles. The predicted octanol–water partition coefficient (Wildman–Crippen LogP) is 5.63. The van der Waals surface area contributed by atoms with Gasteiger partial charge in [-0.1, -0.05) is 48.0 Å². The molecular formula is C17H12ClFOS. The Balaban J connectivity index is 1.92. The lowest BCUT2D eigenvalue weighted by Gasteiger charge is -2.09. The van der Waals surface area contributed by atoms with Gasteiger partial charge in [0.15, 0.2) is 0 Å². The van der Waals surface area contributed by atoms with Crippen molar-refractivity contribution in [2.24, 2.45) is 0 Å². The van der Waals surface area contributed by atoms with Crippen LogP contribution >= 0.6 is 23.4 Å². The Morgan fingerprint density at radius 3 is 2.52 bits per heavy atom. The van der Waals surface area contributed by atoms with Crippen molar-refractivity contribution in [3.8, 4) is 5.75 Å².